The minimum atomic E-state index is -0.00637. The lowest BCUT2D eigenvalue weighted by Gasteiger charge is -2.29. The van der Waals surface area contributed by atoms with Gasteiger partial charge < -0.3 is 15.5 Å². The van der Waals surface area contributed by atoms with Gasteiger partial charge in [-0.05, 0) is 49.8 Å². The van der Waals surface area contributed by atoms with E-state index in [1.165, 1.54) is 43.8 Å². The Hall–Kier alpha value is -0.910. The smallest absolute Gasteiger partial charge is 0.221 e. The largest absolute Gasteiger partial charge is 0.325 e. The zero-order valence-electron chi connectivity index (χ0n) is 13.2. The van der Waals surface area contributed by atoms with Gasteiger partial charge in [0.2, 0.25) is 5.91 Å². The fourth-order valence-corrected chi connectivity index (χ4v) is 3.66. The highest BCUT2D eigenvalue weighted by molar-refractivity contribution is 7.10. The average molecular weight is 309 g/mol. The van der Waals surface area contributed by atoms with Crippen LogP contribution in [0.25, 0.3) is 0 Å². The van der Waals surface area contributed by atoms with E-state index in [1.807, 2.05) is 11.4 Å². The standard InChI is InChI=1S/C16H27N3OS/c1-13(12-19-7-4-3-5-8-19)10-17-11-16-15(6-9-21-16)18-14(2)20/h6,9,13,17H,3-5,7-8,10-12H2,1-2H3,(H,18,20). The number of thiophene rings is 1. The van der Waals surface area contributed by atoms with Gasteiger partial charge in [-0.25, -0.2) is 0 Å². The molecule has 0 bridgehead atoms. The van der Waals surface area contributed by atoms with Crippen LogP contribution in [-0.4, -0.2) is 37.0 Å². The fraction of sp³-hybridized carbons (Fsp3) is 0.688. The van der Waals surface area contributed by atoms with E-state index in [-0.39, 0.29) is 5.91 Å². The first-order valence-corrected chi connectivity index (χ1v) is 8.80. The SMILES string of the molecule is CC(=O)Nc1ccsc1CNCC(C)CN1CCCCC1. The van der Waals surface area contributed by atoms with Crippen molar-refractivity contribution in [3.05, 3.63) is 16.3 Å². The summed E-state index contributed by atoms with van der Waals surface area (Å²) in [5.74, 6) is 0.653. The number of nitrogens with zero attached hydrogens (tertiary/aromatic N) is 1. The van der Waals surface area contributed by atoms with E-state index in [2.05, 4.69) is 22.5 Å². The molecular weight excluding hydrogens is 282 g/mol. The van der Waals surface area contributed by atoms with Crippen LogP contribution in [0.2, 0.25) is 0 Å². The van der Waals surface area contributed by atoms with Crippen molar-refractivity contribution in [3.8, 4) is 0 Å². The van der Waals surface area contributed by atoms with E-state index in [0.717, 1.165) is 18.8 Å². The molecule has 1 unspecified atom stereocenters. The topological polar surface area (TPSA) is 44.4 Å². The Morgan fingerprint density at radius 2 is 2.14 bits per heavy atom. The third kappa shape index (κ3) is 5.77. The van der Waals surface area contributed by atoms with Crippen molar-refractivity contribution in [1.82, 2.24) is 10.2 Å². The first-order chi connectivity index (χ1) is 10.1. The van der Waals surface area contributed by atoms with Crippen LogP contribution in [0, 0.1) is 5.92 Å². The molecule has 0 aromatic carbocycles. The molecule has 1 atom stereocenters. The highest BCUT2D eigenvalue weighted by atomic mass is 32.1. The monoisotopic (exact) mass is 309 g/mol. The maximum absolute atomic E-state index is 11.1. The van der Waals surface area contributed by atoms with Crippen LogP contribution in [0.1, 0.15) is 38.0 Å². The molecule has 2 rings (SSSR count). The Kier molecular flexibility index (Phi) is 6.67. The van der Waals surface area contributed by atoms with E-state index in [4.69, 9.17) is 0 Å². The van der Waals surface area contributed by atoms with Gasteiger partial charge in [-0.1, -0.05) is 13.3 Å². The molecule has 1 saturated heterocycles. The van der Waals surface area contributed by atoms with Crippen molar-refractivity contribution >= 4 is 22.9 Å². The van der Waals surface area contributed by atoms with Crippen molar-refractivity contribution < 1.29 is 4.79 Å². The number of carbonyl (C=O) groups is 1. The summed E-state index contributed by atoms with van der Waals surface area (Å²) >= 11 is 1.69. The van der Waals surface area contributed by atoms with Gasteiger partial charge in [0.05, 0.1) is 5.69 Å². The van der Waals surface area contributed by atoms with E-state index >= 15 is 0 Å². The predicted octanol–water partition coefficient (Wildman–Crippen LogP) is 2.92. The zero-order valence-corrected chi connectivity index (χ0v) is 14.0. The molecule has 21 heavy (non-hydrogen) atoms. The minimum absolute atomic E-state index is 0.00637. The number of carbonyl (C=O) groups excluding carboxylic acids is 1. The molecule has 1 amide bonds. The molecule has 0 aliphatic carbocycles. The third-order valence-electron chi connectivity index (χ3n) is 3.85. The number of likely N-dealkylation sites (tertiary alicyclic amines) is 1. The summed E-state index contributed by atoms with van der Waals surface area (Å²) in [6.07, 6.45) is 4.11. The summed E-state index contributed by atoms with van der Waals surface area (Å²) in [6, 6.07) is 1.97. The van der Waals surface area contributed by atoms with Gasteiger partial charge in [0.1, 0.15) is 0 Å². The molecule has 118 valence electrons. The lowest BCUT2D eigenvalue weighted by molar-refractivity contribution is -0.114. The number of anilines is 1. The van der Waals surface area contributed by atoms with E-state index < -0.39 is 0 Å². The summed E-state index contributed by atoms with van der Waals surface area (Å²) in [5.41, 5.74) is 0.948. The summed E-state index contributed by atoms with van der Waals surface area (Å²) < 4.78 is 0. The molecule has 2 N–H and O–H groups in total. The second kappa shape index (κ2) is 8.51. The van der Waals surface area contributed by atoms with Crippen LogP contribution < -0.4 is 10.6 Å². The van der Waals surface area contributed by atoms with Crippen molar-refractivity contribution in [2.24, 2.45) is 5.92 Å². The molecule has 0 saturated carbocycles. The number of piperidine rings is 1. The Morgan fingerprint density at radius 3 is 2.86 bits per heavy atom. The molecule has 4 nitrogen and oxygen atoms in total. The van der Waals surface area contributed by atoms with Crippen LogP contribution in [0.15, 0.2) is 11.4 Å². The molecule has 1 aliphatic rings. The van der Waals surface area contributed by atoms with Crippen molar-refractivity contribution in [2.75, 3.05) is 31.5 Å². The van der Waals surface area contributed by atoms with Gasteiger partial charge >= 0.3 is 0 Å². The van der Waals surface area contributed by atoms with Crippen molar-refractivity contribution in [1.29, 1.82) is 0 Å². The predicted molar refractivity (Wildman–Crippen MR) is 89.8 cm³/mol. The molecule has 0 spiro atoms. The number of rotatable bonds is 7. The summed E-state index contributed by atoms with van der Waals surface area (Å²) in [4.78, 5) is 14.9. The van der Waals surface area contributed by atoms with E-state index in [9.17, 15) is 4.79 Å². The van der Waals surface area contributed by atoms with Crippen LogP contribution in [0.4, 0.5) is 5.69 Å². The molecule has 1 fully saturated rings. The van der Waals surface area contributed by atoms with Crippen LogP contribution in [0.5, 0.6) is 0 Å². The average Bonchev–Trinajstić information content (AvgIpc) is 2.86. The van der Waals surface area contributed by atoms with Crippen molar-refractivity contribution in [3.63, 3.8) is 0 Å². The third-order valence-corrected chi connectivity index (χ3v) is 4.77. The quantitative estimate of drug-likeness (QED) is 0.814. The minimum Gasteiger partial charge on any atom is -0.325 e. The number of hydrogen-bond acceptors (Lipinski definition) is 4. The molecule has 1 aromatic heterocycles. The van der Waals surface area contributed by atoms with E-state index in [0.29, 0.717) is 5.92 Å². The second-order valence-electron chi connectivity index (χ2n) is 6.04. The molecule has 0 radical (unpaired) electrons. The van der Waals surface area contributed by atoms with Gasteiger partial charge in [0, 0.05) is 24.9 Å². The molecule has 2 heterocycles. The summed E-state index contributed by atoms with van der Waals surface area (Å²) in [7, 11) is 0. The first kappa shape index (κ1) is 16.5. The Balaban J connectivity index is 1.68. The fourth-order valence-electron chi connectivity index (χ4n) is 2.86. The Bertz CT molecular complexity index is 440. The first-order valence-electron chi connectivity index (χ1n) is 7.92. The summed E-state index contributed by atoms with van der Waals surface area (Å²) in [5, 5.41) is 8.43. The van der Waals surface area contributed by atoms with Gasteiger partial charge in [0.25, 0.3) is 0 Å². The lowest BCUT2D eigenvalue weighted by Crippen LogP contribution is -2.36. The Labute approximate surface area is 131 Å². The molecule has 1 aliphatic heterocycles. The van der Waals surface area contributed by atoms with Gasteiger partial charge in [-0.15, -0.1) is 11.3 Å². The highest BCUT2D eigenvalue weighted by Crippen LogP contribution is 2.22. The maximum Gasteiger partial charge on any atom is 0.221 e. The highest BCUT2D eigenvalue weighted by Gasteiger charge is 2.13. The van der Waals surface area contributed by atoms with Crippen LogP contribution in [0.3, 0.4) is 0 Å². The molecule has 5 heteroatoms. The number of hydrogen-bond donors (Lipinski definition) is 2. The number of amides is 1. The maximum atomic E-state index is 11.1. The second-order valence-corrected chi connectivity index (χ2v) is 7.04. The van der Waals surface area contributed by atoms with E-state index in [1.54, 1.807) is 18.3 Å². The zero-order chi connectivity index (χ0) is 15.1. The lowest BCUT2D eigenvalue weighted by atomic mass is 10.1. The molecular formula is C16H27N3OS. The van der Waals surface area contributed by atoms with Gasteiger partial charge in [0.15, 0.2) is 0 Å². The van der Waals surface area contributed by atoms with Gasteiger partial charge in [-0.2, -0.15) is 0 Å². The van der Waals surface area contributed by atoms with Crippen molar-refractivity contribution in [2.45, 2.75) is 39.7 Å². The Morgan fingerprint density at radius 1 is 1.38 bits per heavy atom. The summed E-state index contributed by atoms with van der Waals surface area (Å²) in [6.45, 7) is 9.44. The van der Waals surface area contributed by atoms with Crippen LogP contribution >= 0.6 is 11.3 Å². The van der Waals surface area contributed by atoms with Crippen LogP contribution in [-0.2, 0) is 11.3 Å². The van der Waals surface area contributed by atoms with Gasteiger partial charge in [-0.3, -0.25) is 4.79 Å². The normalized spacial score (nSPS) is 17.6. The molecule has 1 aromatic rings. The number of nitrogens with one attached hydrogen (secondary N) is 2.